The Hall–Kier alpha value is -1.61. The van der Waals surface area contributed by atoms with Gasteiger partial charge in [0.2, 0.25) is 0 Å². The second kappa shape index (κ2) is 5.15. The molecular weight excluding hydrogens is 239 g/mol. The third-order valence-corrected chi connectivity index (χ3v) is 2.72. The van der Waals surface area contributed by atoms with Crippen molar-refractivity contribution in [3.8, 4) is 0 Å². The average molecular weight is 251 g/mol. The van der Waals surface area contributed by atoms with Crippen LogP contribution in [0.3, 0.4) is 0 Å². The molecule has 0 atom stereocenters. The maximum absolute atomic E-state index is 13.5. The fourth-order valence-electron chi connectivity index (χ4n) is 1.60. The van der Waals surface area contributed by atoms with Crippen LogP contribution in [0, 0.1) is 5.82 Å². The Bertz CT molecular complexity index is 516. The van der Waals surface area contributed by atoms with E-state index in [-0.39, 0.29) is 5.82 Å². The number of pyridine rings is 1. The van der Waals surface area contributed by atoms with E-state index in [2.05, 4.69) is 4.98 Å². The monoisotopic (exact) mass is 250 g/mol. The van der Waals surface area contributed by atoms with Gasteiger partial charge in [0.05, 0.1) is 0 Å². The van der Waals surface area contributed by atoms with Crippen LogP contribution in [0.25, 0.3) is 0 Å². The predicted octanol–water partition coefficient (Wildman–Crippen LogP) is 3.51. The minimum Gasteiger partial charge on any atom is -0.370 e. The maximum Gasteiger partial charge on any atom is 0.131 e. The highest BCUT2D eigenvalue weighted by molar-refractivity contribution is 6.29. The molecule has 0 unspecified atom stereocenters. The molecule has 0 aliphatic carbocycles. The van der Waals surface area contributed by atoms with Crippen molar-refractivity contribution in [3.63, 3.8) is 0 Å². The average Bonchev–Trinajstić information content (AvgIpc) is 2.32. The van der Waals surface area contributed by atoms with Crippen LogP contribution >= 0.6 is 11.6 Å². The topological polar surface area (TPSA) is 16.1 Å². The van der Waals surface area contributed by atoms with Gasteiger partial charge in [-0.15, -0.1) is 0 Å². The first-order chi connectivity index (χ1) is 8.16. The fourth-order valence-corrected chi connectivity index (χ4v) is 1.77. The Morgan fingerprint density at radius 2 is 2.06 bits per heavy atom. The van der Waals surface area contributed by atoms with Crippen LogP contribution < -0.4 is 4.90 Å². The molecule has 1 heterocycles. The predicted molar refractivity (Wildman–Crippen MR) is 67.8 cm³/mol. The normalized spacial score (nSPS) is 10.3. The zero-order valence-corrected chi connectivity index (χ0v) is 10.2. The van der Waals surface area contributed by atoms with E-state index in [1.807, 2.05) is 24.1 Å². The molecule has 88 valence electrons. The Kier molecular flexibility index (Phi) is 3.59. The largest absolute Gasteiger partial charge is 0.370 e. The first kappa shape index (κ1) is 11.9. The lowest BCUT2D eigenvalue weighted by Gasteiger charge is -2.19. The molecule has 0 aliphatic heterocycles. The number of hydrogen-bond donors (Lipinski definition) is 0. The summed E-state index contributed by atoms with van der Waals surface area (Å²) in [5.74, 6) is -0.195. The summed E-state index contributed by atoms with van der Waals surface area (Å²) in [7, 11) is 1.89. The summed E-state index contributed by atoms with van der Waals surface area (Å²) in [6.07, 6.45) is 1.63. The first-order valence-electron chi connectivity index (χ1n) is 5.23. The minimum atomic E-state index is -0.195. The minimum absolute atomic E-state index is 0.195. The number of aromatic nitrogens is 1. The fraction of sp³-hybridized carbons (Fsp3) is 0.154. The maximum atomic E-state index is 13.5. The van der Waals surface area contributed by atoms with E-state index >= 15 is 0 Å². The first-order valence-corrected chi connectivity index (χ1v) is 5.61. The number of halogens is 2. The summed E-state index contributed by atoms with van der Waals surface area (Å²) < 4.78 is 13.5. The lowest BCUT2D eigenvalue weighted by Crippen LogP contribution is -2.17. The van der Waals surface area contributed by atoms with Gasteiger partial charge >= 0.3 is 0 Å². The summed E-state index contributed by atoms with van der Waals surface area (Å²) >= 11 is 5.81. The number of rotatable bonds is 3. The van der Waals surface area contributed by atoms with E-state index in [0.717, 1.165) is 5.69 Å². The Balaban J connectivity index is 2.17. The summed E-state index contributed by atoms with van der Waals surface area (Å²) in [4.78, 5) is 5.83. The van der Waals surface area contributed by atoms with Crippen molar-refractivity contribution in [1.82, 2.24) is 4.98 Å². The van der Waals surface area contributed by atoms with Crippen molar-refractivity contribution >= 4 is 17.3 Å². The third-order valence-electron chi connectivity index (χ3n) is 2.52. The zero-order chi connectivity index (χ0) is 12.3. The molecule has 0 saturated carbocycles. The molecule has 0 fully saturated rings. The highest BCUT2D eigenvalue weighted by Gasteiger charge is 2.06. The van der Waals surface area contributed by atoms with E-state index in [0.29, 0.717) is 17.3 Å². The van der Waals surface area contributed by atoms with Gasteiger partial charge in [0.1, 0.15) is 11.0 Å². The Labute approximate surface area is 105 Å². The van der Waals surface area contributed by atoms with Crippen molar-refractivity contribution in [2.75, 3.05) is 11.9 Å². The lowest BCUT2D eigenvalue weighted by molar-refractivity contribution is 0.608. The van der Waals surface area contributed by atoms with Gasteiger partial charge in [-0.1, -0.05) is 29.8 Å². The van der Waals surface area contributed by atoms with E-state index in [1.165, 1.54) is 6.07 Å². The molecular formula is C13H12ClFN2. The van der Waals surface area contributed by atoms with Crippen molar-refractivity contribution in [2.24, 2.45) is 0 Å². The van der Waals surface area contributed by atoms with Gasteiger partial charge in [-0.25, -0.2) is 9.37 Å². The molecule has 17 heavy (non-hydrogen) atoms. The lowest BCUT2D eigenvalue weighted by atomic mass is 10.2. The summed E-state index contributed by atoms with van der Waals surface area (Å²) in [6.45, 7) is 0.493. The standard InChI is InChI=1S/C13H12ClFN2/c1-17(11-6-7-16-13(14)8-11)9-10-4-2-3-5-12(10)15/h2-8H,9H2,1H3. The van der Waals surface area contributed by atoms with Gasteiger partial charge < -0.3 is 4.90 Å². The van der Waals surface area contributed by atoms with Crippen molar-refractivity contribution in [3.05, 3.63) is 59.1 Å². The summed E-state index contributed by atoms with van der Waals surface area (Å²) in [5, 5.41) is 0.433. The van der Waals surface area contributed by atoms with Gasteiger partial charge in [-0.05, 0) is 18.2 Å². The second-order valence-electron chi connectivity index (χ2n) is 3.78. The molecule has 2 aromatic rings. The molecule has 1 aromatic heterocycles. The highest BCUT2D eigenvalue weighted by Crippen LogP contribution is 2.19. The summed E-state index contributed by atoms with van der Waals surface area (Å²) in [5.41, 5.74) is 1.57. The molecule has 0 N–H and O–H groups in total. The van der Waals surface area contributed by atoms with Crippen molar-refractivity contribution in [1.29, 1.82) is 0 Å². The van der Waals surface area contributed by atoms with E-state index < -0.39 is 0 Å². The van der Waals surface area contributed by atoms with Gasteiger partial charge in [-0.3, -0.25) is 0 Å². The number of benzene rings is 1. The van der Waals surface area contributed by atoms with Crippen LogP contribution in [0.5, 0.6) is 0 Å². The summed E-state index contributed by atoms with van der Waals surface area (Å²) in [6, 6.07) is 10.3. The van der Waals surface area contributed by atoms with Crippen LogP contribution in [0.4, 0.5) is 10.1 Å². The molecule has 2 nitrogen and oxygen atoms in total. The van der Waals surface area contributed by atoms with Crippen LogP contribution in [0.1, 0.15) is 5.56 Å². The van der Waals surface area contributed by atoms with Crippen molar-refractivity contribution in [2.45, 2.75) is 6.54 Å². The zero-order valence-electron chi connectivity index (χ0n) is 9.40. The van der Waals surface area contributed by atoms with E-state index in [9.17, 15) is 4.39 Å². The highest BCUT2D eigenvalue weighted by atomic mass is 35.5. The molecule has 2 rings (SSSR count). The van der Waals surface area contributed by atoms with Crippen LogP contribution in [-0.2, 0) is 6.54 Å². The molecule has 0 aliphatic rings. The van der Waals surface area contributed by atoms with Gasteiger partial charge in [0.25, 0.3) is 0 Å². The number of anilines is 1. The smallest absolute Gasteiger partial charge is 0.131 e. The van der Waals surface area contributed by atoms with Gasteiger partial charge in [0.15, 0.2) is 0 Å². The van der Waals surface area contributed by atoms with E-state index in [1.54, 1.807) is 24.4 Å². The van der Waals surface area contributed by atoms with Crippen LogP contribution in [0.2, 0.25) is 5.15 Å². The van der Waals surface area contributed by atoms with Gasteiger partial charge in [0, 0.05) is 31.0 Å². The molecule has 0 amide bonds. The third kappa shape index (κ3) is 2.94. The van der Waals surface area contributed by atoms with Gasteiger partial charge in [-0.2, -0.15) is 0 Å². The molecule has 0 spiro atoms. The number of nitrogens with zero attached hydrogens (tertiary/aromatic N) is 2. The van der Waals surface area contributed by atoms with Crippen molar-refractivity contribution < 1.29 is 4.39 Å². The molecule has 0 radical (unpaired) electrons. The second-order valence-corrected chi connectivity index (χ2v) is 4.17. The SMILES string of the molecule is CN(Cc1ccccc1F)c1ccnc(Cl)c1. The molecule has 0 saturated heterocycles. The Morgan fingerprint density at radius 3 is 2.76 bits per heavy atom. The van der Waals surface area contributed by atoms with Crippen LogP contribution in [0.15, 0.2) is 42.6 Å². The van der Waals surface area contributed by atoms with E-state index in [4.69, 9.17) is 11.6 Å². The quantitative estimate of drug-likeness (QED) is 0.775. The Morgan fingerprint density at radius 1 is 1.29 bits per heavy atom. The number of hydrogen-bond acceptors (Lipinski definition) is 2. The molecule has 0 bridgehead atoms. The molecule has 4 heteroatoms. The molecule has 1 aromatic carbocycles. The van der Waals surface area contributed by atoms with Crippen LogP contribution in [-0.4, -0.2) is 12.0 Å².